The van der Waals surface area contributed by atoms with E-state index in [2.05, 4.69) is 5.32 Å². The zero-order valence-corrected chi connectivity index (χ0v) is 20.8. The number of hydrogen-bond donors (Lipinski definition) is 1. The lowest BCUT2D eigenvalue weighted by Gasteiger charge is -2.20. The largest absolute Gasteiger partial charge is 0.497 e. The molecule has 1 unspecified atom stereocenters. The molecule has 0 saturated heterocycles. The van der Waals surface area contributed by atoms with Crippen molar-refractivity contribution in [2.45, 2.75) is 37.8 Å². The second-order valence-electron chi connectivity index (χ2n) is 8.13. The summed E-state index contributed by atoms with van der Waals surface area (Å²) in [6, 6.07) is 19.9. The number of carbonyl (C=O) groups excluding carboxylic acids is 1. The summed E-state index contributed by atoms with van der Waals surface area (Å²) in [6.07, 6.45) is 0.0790. The highest BCUT2D eigenvalue weighted by atomic mass is 32.2. The first-order valence-corrected chi connectivity index (χ1v) is 12.4. The summed E-state index contributed by atoms with van der Waals surface area (Å²) in [7, 11) is -0.849. The van der Waals surface area contributed by atoms with E-state index in [0.717, 1.165) is 11.3 Å². The van der Waals surface area contributed by atoms with Crippen LogP contribution in [-0.4, -0.2) is 34.6 Å². The number of sulfonamides is 1. The van der Waals surface area contributed by atoms with E-state index in [-0.39, 0.29) is 28.5 Å². The first-order valence-electron chi connectivity index (χ1n) is 10.9. The summed E-state index contributed by atoms with van der Waals surface area (Å²) in [5, 5.41) is 2.92. The fourth-order valence-corrected chi connectivity index (χ4v) is 4.60. The predicted molar refractivity (Wildman–Crippen MR) is 133 cm³/mol. The molecule has 7 nitrogen and oxygen atoms in total. The molecule has 3 aromatic rings. The van der Waals surface area contributed by atoms with Gasteiger partial charge in [-0.15, -0.1) is 0 Å². The van der Waals surface area contributed by atoms with Crippen LogP contribution in [0.4, 0.5) is 5.69 Å². The van der Waals surface area contributed by atoms with E-state index in [9.17, 15) is 13.2 Å². The van der Waals surface area contributed by atoms with Crippen LogP contribution >= 0.6 is 0 Å². The van der Waals surface area contributed by atoms with Gasteiger partial charge in [-0.1, -0.05) is 18.2 Å². The van der Waals surface area contributed by atoms with Crippen molar-refractivity contribution in [2.24, 2.45) is 0 Å². The molecule has 0 aliphatic carbocycles. The summed E-state index contributed by atoms with van der Waals surface area (Å²) in [4.78, 5) is 12.9. The topological polar surface area (TPSA) is 84.9 Å². The van der Waals surface area contributed by atoms with E-state index < -0.39 is 10.0 Å². The summed E-state index contributed by atoms with van der Waals surface area (Å²) >= 11 is 0. The molecule has 0 bridgehead atoms. The molecule has 3 rings (SSSR count). The second-order valence-corrected chi connectivity index (χ2v) is 10.1. The summed E-state index contributed by atoms with van der Waals surface area (Å²) in [6.45, 7) is 5.79. The Labute approximate surface area is 201 Å². The maximum atomic E-state index is 13.2. The quantitative estimate of drug-likeness (QED) is 0.474. The molecule has 8 heteroatoms. The lowest BCUT2D eigenvalue weighted by molar-refractivity contribution is 0.0939. The van der Waals surface area contributed by atoms with Crippen molar-refractivity contribution in [3.05, 3.63) is 83.9 Å². The third-order valence-electron chi connectivity index (χ3n) is 5.29. The molecule has 1 amide bonds. The van der Waals surface area contributed by atoms with Crippen LogP contribution in [0.15, 0.2) is 77.7 Å². The molecule has 0 aliphatic rings. The van der Waals surface area contributed by atoms with Gasteiger partial charge >= 0.3 is 0 Å². The molecule has 0 saturated carbocycles. The van der Waals surface area contributed by atoms with Gasteiger partial charge in [-0.25, -0.2) is 8.42 Å². The summed E-state index contributed by atoms with van der Waals surface area (Å²) < 4.78 is 38.3. The fourth-order valence-electron chi connectivity index (χ4n) is 3.36. The zero-order valence-electron chi connectivity index (χ0n) is 20.0. The first kappa shape index (κ1) is 25.1. The molecule has 34 heavy (non-hydrogen) atoms. The first-order chi connectivity index (χ1) is 16.1. The van der Waals surface area contributed by atoms with Crippen molar-refractivity contribution >= 4 is 21.6 Å². The minimum Gasteiger partial charge on any atom is -0.497 e. The highest BCUT2D eigenvalue weighted by molar-refractivity contribution is 7.92. The van der Waals surface area contributed by atoms with Crippen LogP contribution in [0.5, 0.6) is 11.5 Å². The number of methoxy groups -OCH3 is 1. The molecule has 3 aromatic carbocycles. The van der Waals surface area contributed by atoms with Gasteiger partial charge in [0.2, 0.25) is 0 Å². The number of nitrogens with zero attached hydrogens (tertiary/aromatic N) is 1. The Balaban J connectivity index is 1.75. The van der Waals surface area contributed by atoms with Crippen molar-refractivity contribution in [1.29, 1.82) is 0 Å². The molecule has 0 aliphatic heterocycles. The second kappa shape index (κ2) is 10.6. The standard InChI is InChI=1S/C26H30N2O5S/c1-18(2)33-24-13-9-20(10-14-24)19(3)27-26(29)21-7-6-8-25(17-21)34(30,31)28(4)22-11-15-23(32-5)16-12-22/h6-19H,1-5H3,(H,27,29). The van der Waals surface area contributed by atoms with Gasteiger partial charge in [0.15, 0.2) is 0 Å². The Morgan fingerprint density at radius 1 is 0.912 bits per heavy atom. The van der Waals surface area contributed by atoms with Crippen LogP contribution in [0, 0.1) is 0 Å². The van der Waals surface area contributed by atoms with Crippen molar-refractivity contribution in [3.8, 4) is 11.5 Å². The third kappa shape index (κ3) is 5.88. The molecular weight excluding hydrogens is 452 g/mol. The van der Waals surface area contributed by atoms with Crippen molar-refractivity contribution in [3.63, 3.8) is 0 Å². The van der Waals surface area contributed by atoms with Crippen LogP contribution in [0.2, 0.25) is 0 Å². The average Bonchev–Trinajstić information content (AvgIpc) is 2.83. The Morgan fingerprint density at radius 2 is 1.53 bits per heavy atom. The average molecular weight is 483 g/mol. The van der Waals surface area contributed by atoms with Gasteiger partial charge in [0.25, 0.3) is 15.9 Å². The number of benzene rings is 3. The number of hydrogen-bond acceptors (Lipinski definition) is 5. The molecule has 1 atom stereocenters. The Hall–Kier alpha value is -3.52. The minimum atomic E-state index is -3.86. The Kier molecular flexibility index (Phi) is 7.83. The van der Waals surface area contributed by atoms with Crippen LogP contribution < -0.4 is 19.1 Å². The Morgan fingerprint density at radius 3 is 2.12 bits per heavy atom. The van der Waals surface area contributed by atoms with Gasteiger partial charge < -0.3 is 14.8 Å². The molecule has 180 valence electrons. The Bertz CT molecular complexity index is 1220. The maximum absolute atomic E-state index is 13.2. The monoisotopic (exact) mass is 482 g/mol. The minimum absolute atomic E-state index is 0.0290. The molecule has 0 spiro atoms. The lowest BCUT2D eigenvalue weighted by atomic mass is 10.1. The van der Waals surface area contributed by atoms with Crippen LogP contribution in [0.25, 0.3) is 0 Å². The molecular formula is C26H30N2O5S. The molecule has 0 radical (unpaired) electrons. The molecule has 1 N–H and O–H groups in total. The van der Waals surface area contributed by atoms with Crippen molar-refractivity contribution < 1.29 is 22.7 Å². The smallest absolute Gasteiger partial charge is 0.264 e. The van der Waals surface area contributed by atoms with Crippen LogP contribution in [0.1, 0.15) is 42.7 Å². The maximum Gasteiger partial charge on any atom is 0.264 e. The highest BCUT2D eigenvalue weighted by Gasteiger charge is 2.23. The van der Waals surface area contributed by atoms with E-state index in [1.807, 2.05) is 45.0 Å². The van der Waals surface area contributed by atoms with Crippen molar-refractivity contribution in [2.75, 3.05) is 18.5 Å². The highest BCUT2D eigenvalue weighted by Crippen LogP contribution is 2.25. The van der Waals surface area contributed by atoms with E-state index in [1.54, 1.807) is 43.5 Å². The van der Waals surface area contributed by atoms with Crippen molar-refractivity contribution in [1.82, 2.24) is 5.32 Å². The number of amides is 1. The van der Waals surface area contributed by atoms with Gasteiger partial charge in [0.05, 0.1) is 29.8 Å². The van der Waals surface area contributed by atoms with E-state index in [0.29, 0.717) is 11.4 Å². The van der Waals surface area contributed by atoms with Gasteiger partial charge in [-0.3, -0.25) is 9.10 Å². The van der Waals surface area contributed by atoms with E-state index >= 15 is 0 Å². The van der Waals surface area contributed by atoms with Gasteiger partial charge in [-0.05, 0) is 80.9 Å². The number of ether oxygens (including phenoxy) is 2. The zero-order chi connectivity index (χ0) is 24.9. The number of nitrogens with one attached hydrogen (secondary N) is 1. The fraction of sp³-hybridized carbons (Fsp3) is 0.269. The van der Waals surface area contributed by atoms with Gasteiger partial charge in [0, 0.05) is 12.6 Å². The van der Waals surface area contributed by atoms with E-state index in [4.69, 9.17) is 9.47 Å². The van der Waals surface area contributed by atoms with Gasteiger partial charge in [0.1, 0.15) is 11.5 Å². The molecule has 0 fully saturated rings. The van der Waals surface area contributed by atoms with Gasteiger partial charge in [-0.2, -0.15) is 0 Å². The SMILES string of the molecule is COc1ccc(N(C)S(=O)(=O)c2cccc(C(=O)NC(C)c3ccc(OC(C)C)cc3)c2)cc1. The summed E-state index contributed by atoms with van der Waals surface area (Å²) in [5.74, 6) is 1.03. The van der Waals surface area contributed by atoms with Crippen LogP contribution in [-0.2, 0) is 10.0 Å². The third-order valence-corrected chi connectivity index (χ3v) is 7.07. The summed E-state index contributed by atoms with van der Waals surface area (Å²) in [5.41, 5.74) is 1.65. The molecule has 0 heterocycles. The lowest BCUT2D eigenvalue weighted by Crippen LogP contribution is -2.28. The number of anilines is 1. The molecule has 0 aromatic heterocycles. The van der Waals surface area contributed by atoms with Crippen LogP contribution in [0.3, 0.4) is 0 Å². The number of rotatable bonds is 9. The normalized spacial score (nSPS) is 12.2. The number of carbonyl (C=O) groups is 1. The van der Waals surface area contributed by atoms with E-state index in [1.165, 1.54) is 23.5 Å². The predicted octanol–water partition coefficient (Wildman–Crippen LogP) is 4.80.